The van der Waals surface area contributed by atoms with Gasteiger partial charge in [0.05, 0.1) is 4.92 Å². The van der Waals surface area contributed by atoms with Crippen LogP contribution in [0.1, 0.15) is 46.0 Å². The largest absolute Gasteiger partial charge is 0.382 e. The molecule has 2 unspecified atom stereocenters. The first-order chi connectivity index (χ1) is 9.54. The second-order valence-electron chi connectivity index (χ2n) is 6.31. The van der Waals surface area contributed by atoms with Crippen molar-refractivity contribution in [3.8, 4) is 0 Å². The van der Waals surface area contributed by atoms with E-state index in [0.29, 0.717) is 6.04 Å². The van der Waals surface area contributed by atoms with Crippen LogP contribution in [0, 0.1) is 22.0 Å². The highest BCUT2D eigenvalue weighted by atomic mass is 16.6. The maximum atomic E-state index is 10.6. The fourth-order valence-electron chi connectivity index (χ4n) is 3.22. The topological polar surface area (TPSA) is 55.2 Å². The van der Waals surface area contributed by atoms with Crippen molar-refractivity contribution < 1.29 is 4.92 Å². The summed E-state index contributed by atoms with van der Waals surface area (Å²) in [4.78, 5) is 10.3. The lowest BCUT2D eigenvalue weighted by molar-refractivity contribution is -0.384. The number of nitrogens with one attached hydrogen (secondary N) is 1. The lowest BCUT2D eigenvalue weighted by Gasteiger charge is -2.31. The van der Waals surface area contributed by atoms with E-state index in [0.717, 1.165) is 17.5 Å². The van der Waals surface area contributed by atoms with Gasteiger partial charge in [0.25, 0.3) is 5.69 Å². The first kappa shape index (κ1) is 14.8. The standard InChI is InChI=1S/C16H24N2O2/c1-12(2)10-13-4-3-5-15(11-13)17-14-6-8-16(9-7-14)18(19)20/h6-9,12-13,15,17H,3-5,10-11H2,1-2H3. The maximum Gasteiger partial charge on any atom is 0.269 e. The number of benzene rings is 1. The van der Waals surface area contributed by atoms with E-state index in [1.54, 1.807) is 12.1 Å². The molecule has 1 N–H and O–H groups in total. The second-order valence-corrected chi connectivity index (χ2v) is 6.31. The quantitative estimate of drug-likeness (QED) is 0.631. The predicted molar refractivity (Wildman–Crippen MR) is 81.9 cm³/mol. The fraction of sp³-hybridized carbons (Fsp3) is 0.625. The van der Waals surface area contributed by atoms with Crippen LogP contribution in [0.2, 0.25) is 0 Å². The summed E-state index contributed by atoms with van der Waals surface area (Å²) >= 11 is 0. The van der Waals surface area contributed by atoms with Gasteiger partial charge in [-0.25, -0.2) is 0 Å². The normalized spacial score (nSPS) is 22.8. The zero-order valence-corrected chi connectivity index (χ0v) is 12.3. The second kappa shape index (κ2) is 6.73. The van der Waals surface area contributed by atoms with E-state index in [4.69, 9.17) is 0 Å². The minimum atomic E-state index is -0.358. The molecule has 2 rings (SSSR count). The molecule has 0 amide bonds. The van der Waals surface area contributed by atoms with E-state index >= 15 is 0 Å². The molecule has 110 valence electrons. The molecule has 1 aliphatic rings. The summed E-state index contributed by atoms with van der Waals surface area (Å²) in [5.74, 6) is 1.58. The number of hydrogen-bond donors (Lipinski definition) is 1. The lowest BCUT2D eigenvalue weighted by Crippen LogP contribution is -2.27. The van der Waals surface area contributed by atoms with Crippen LogP contribution in [0.5, 0.6) is 0 Å². The third kappa shape index (κ3) is 4.22. The Balaban J connectivity index is 1.90. The van der Waals surface area contributed by atoms with Crippen LogP contribution in [0.3, 0.4) is 0 Å². The molecule has 0 saturated heterocycles. The van der Waals surface area contributed by atoms with Gasteiger partial charge in [0.1, 0.15) is 0 Å². The number of nitrogens with zero attached hydrogens (tertiary/aromatic N) is 1. The van der Waals surface area contributed by atoms with E-state index < -0.39 is 0 Å². The monoisotopic (exact) mass is 276 g/mol. The Labute approximate surface area is 120 Å². The Morgan fingerprint density at radius 2 is 2.00 bits per heavy atom. The van der Waals surface area contributed by atoms with Gasteiger partial charge in [0.15, 0.2) is 0 Å². The Morgan fingerprint density at radius 1 is 1.30 bits per heavy atom. The summed E-state index contributed by atoms with van der Waals surface area (Å²) in [7, 11) is 0. The van der Waals surface area contributed by atoms with Gasteiger partial charge in [0, 0.05) is 23.9 Å². The summed E-state index contributed by atoms with van der Waals surface area (Å²) in [6.45, 7) is 4.57. The summed E-state index contributed by atoms with van der Waals surface area (Å²) < 4.78 is 0. The number of hydrogen-bond acceptors (Lipinski definition) is 3. The van der Waals surface area contributed by atoms with Crippen LogP contribution in [0.15, 0.2) is 24.3 Å². The van der Waals surface area contributed by atoms with Crippen molar-refractivity contribution in [1.82, 2.24) is 0 Å². The van der Waals surface area contributed by atoms with Crippen molar-refractivity contribution in [2.24, 2.45) is 11.8 Å². The first-order valence-electron chi connectivity index (χ1n) is 7.55. The Morgan fingerprint density at radius 3 is 2.60 bits per heavy atom. The van der Waals surface area contributed by atoms with Gasteiger partial charge in [-0.1, -0.05) is 26.7 Å². The maximum absolute atomic E-state index is 10.6. The van der Waals surface area contributed by atoms with Crippen LogP contribution in [0.25, 0.3) is 0 Å². The van der Waals surface area contributed by atoms with E-state index in [9.17, 15) is 10.1 Å². The van der Waals surface area contributed by atoms with Crippen LogP contribution < -0.4 is 5.32 Å². The van der Waals surface area contributed by atoms with E-state index in [-0.39, 0.29) is 10.6 Å². The van der Waals surface area contributed by atoms with E-state index in [1.807, 2.05) is 12.1 Å². The molecule has 0 heterocycles. The third-order valence-corrected chi connectivity index (χ3v) is 4.04. The molecule has 1 saturated carbocycles. The molecule has 4 nitrogen and oxygen atoms in total. The minimum absolute atomic E-state index is 0.150. The number of anilines is 1. The third-order valence-electron chi connectivity index (χ3n) is 4.04. The van der Waals surface area contributed by atoms with Crippen molar-refractivity contribution in [2.75, 3.05) is 5.32 Å². The van der Waals surface area contributed by atoms with E-state index in [1.165, 1.54) is 32.1 Å². The number of non-ortho nitro benzene ring substituents is 1. The number of rotatable bonds is 5. The van der Waals surface area contributed by atoms with Crippen molar-refractivity contribution in [3.05, 3.63) is 34.4 Å². The van der Waals surface area contributed by atoms with Gasteiger partial charge in [-0.05, 0) is 43.2 Å². The average molecular weight is 276 g/mol. The molecular formula is C16H24N2O2. The predicted octanol–water partition coefficient (Wildman–Crippen LogP) is 4.61. The molecule has 2 atom stereocenters. The van der Waals surface area contributed by atoms with Gasteiger partial charge in [-0.15, -0.1) is 0 Å². The zero-order valence-electron chi connectivity index (χ0n) is 12.3. The Kier molecular flexibility index (Phi) is 4.99. The summed E-state index contributed by atoms with van der Waals surface area (Å²) in [5, 5.41) is 14.2. The van der Waals surface area contributed by atoms with Crippen molar-refractivity contribution in [1.29, 1.82) is 0 Å². The molecule has 1 aromatic rings. The molecule has 4 heteroatoms. The van der Waals surface area contributed by atoms with Crippen LogP contribution in [-0.4, -0.2) is 11.0 Å². The van der Waals surface area contributed by atoms with Crippen molar-refractivity contribution in [2.45, 2.75) is 52.0 Å². The van der Waals surface area contributed by atoms with Gasteiger partial charge in [0.2, 0.25) is 0 Å². The van der Waals surface area contributed by atoms with Gasteiger partial charge < -0.3 is 5.32 Å². The summed E-state index contributed by atoms with van der Waals surface area (Å²) in [5.41, 5.74) is 1.14. The van der Waals surface area contributed by atoms with Gasteiger partial charge >= 0.3 is 0 Å². The average Bonchev–Trinajstić information content (AvgIpc) is 2.39. The fourth-order valence-corrected chi connectivity index (χ4v) is 3.22. The molecule has 0 aliphatic heterocycles. The molecule has 0 radical (unpaired) electrons. The van der Waals surface area contributed by atoms with E-state index in [2.05, 4.69) is 19.2 Å². The molecule has 1 aromatic carbocycles. The molecule has 0 aromatic heterocycles. The minimum Gasteiger partial charge on any atom is -0.382 e. The highest BCUT2D eigenvalue weighted by Crippen LogP contribution is 2.31. The van der Waals surface area contributed by atoms with Crippen LogP contribution >= 0.6 is 0 Å². The lowest BCUT2D eigenvalue weighted by atomic mass is 9.81. The number of nitro groups is 1. The molecule has 0 bridgehead atoms. The van der Waals surface area contributed by atoms with Crippen LogP contribution in [0.4, 0.5) is 11.4 Å². The van der Waals surface area contributed by atoms with Crippen molar-refractivity contribution in [3.63, 3.8) is 0 Å². The van der Waals surface area contributed by atoms with Gasteiger partial charge in [-0.2, -0.15) is 0 Å². The molecule has 1 fully saturated rings. The molecular weight excluding hydrogens is 252 g/mol. The summed E-state index contributed by atoms with van der Waals surface area (Å²) in [6, 6.07) is 7.26. The summed E-state index contributed by atoms with van der Waals surface area (Å²) in [6.07, 6.45) is 6.35. The molecule has 0 spiro atoms. The molecule has 1 aliphatic carbocycles. The first-order valence-corrected chi connectivity index (χ1v) is 7.55. The highest BCUT2D eigenvalue weighted by Gasteiger charge is 2.22. The Hall–Kier alpha value is -1.58. The highest BCUT2D eigenvalue weighted by molar-refractivity contribution is 5.49. The Bertz CT molecular complexity index is 442. The number of nitro benzene ring substituents is 1. The van der Waals surface area contributed by atoms with Gasteiger partial charge in [-0.3, -0.25) is 10.1 Å². The zero-order chi connectivity index (χ0) is 14.5. The molecule has 20 heavy (non-hydrogen) atoms. The smallest absolute Gasteiger partial charge is 0.269 e. The van der Waals surface area contributed by atoms with Crippen molar-refractivity contribution >= 4 is 11.4 Å². The SMILES string of the molecule is CC(C)CC1CCCC(Nc2ccc([N+](=O)[O-])cc2)C1. The van der Waals surface area contributed by atoms with Crippen LogP contribution in [-0.2, 0) is 0 Å².